The van der Waals surface area contributed by atoms with Gasteiger partial charge in [-0.05, 0) is 38.0 Å². The molecular weight excluding hydrogens is 246 g/mol. The van der Waals surface area contributed by atoms with Gasteiger partial charge in [0.2, 0.25) is 0 Å². The summed E-state index contributed by atoms with van der Waals surface area (Å²) >= 11 is 0. The molecule has 1 aromatic heterocycles. The molecule has 0 atom stereocenters. The first kappa shape index (κ1) is 13.1. The SMILES string of the molecule is CCN(c1ccccc1)c1ccncc1CNC1CC1. The molecule has 0 radical (unpaired) electrons. The molecule has 104 valence electrons. The highest BCUT2D eigenvalue weighted by molar-refractivity contribution is 5.65. The van der Waals surface area contributed by atoms with Crippen LogP contribution in [0.25, 0.3) is 0 Å². The summed E-state index contributed by atoms with van der Waals surface area (Å²) in [4.78, 5) is 6.63. The number of para-hydroxylation sites is 1. The summed E-state index contributed by atoms with van der Waals surface area (Å²) in [6, 6.07) is 13.4. The molecule has 0 unspecified atom stereocenters. The summed E-state index contributed by atoms with van der Waals surface area (Å²) in [5.74, 6) is 0. The molecule has 20 heavy (non-hydrogen) atoms. The molecule has 0 spiro atoms. The van der Waals surface area contributed by atoms with Crippen molar-refractivity contribution in [2.75, 3.05) is 11.4 Å². The van der Waals surface area contributed by atoms with Gasteiger partial charge >= 0.3 is 0 Å². The largest absolute Gasteiger partial charge is 0.341 e. The van der Waals surface area contributed by atoms with Crippen molar-refractivity contribution in [2.45, 2.75) is 32.4 Å². The van der Waals surface area contributed by atoms with Crippen LogP contribution in [0.15, 0.2) is 48.8 Å². The van der Waals surface area contributed by atoms with E-state index in [2.05, 4.69) is 58.5 Å². The van der Waals surface area contributed by atoms with Gasteiger partial charge in [0.15, 0.2) is 0 Å². The number of nitrogens with one attached hydrogen (secondary N) is 1. The molecule has 1 saturated carbocycles. The Morgan fingerprint density at radius 1 is 1.20 bits per heavy atom. The van der Waals surface area contributed by atoms with E-state index in [1.165, 1.54) is 29.8 Å². The average Bonchev–Trinajstić information content (AvgIpc) is 3.32. The fraction of sp³-hybridized carbons (Fsp3) is 0.353. The van der Waals surface area contributed by atoms with Crippen LogP contribution in [0.5, 0.6) is 0 Å². The lowest BCUT2D eigenvalue weighted by molar-refractivity contribution is 0.685. The van der Waals surface area contributed by atoms with E-state index in [1.807, 2.05) is 12.4 Å². The van der Waals surface area contributed by atoms with Gasteiger partial charge in [-0.1, -0.05) is 18.2 Å². The second-order valence-electron chi connectivity index (χ2n) is 5.24. The fourth-order valence-electron chi connectivity index (χ4n) is 2.46. The van der Waals surface area contributed by atoms with Crippen LogP contribution in [0.4, 0.5) is 11.4 Å². The minimum Gasteiger partial charge on any atom is -0.341 e. The fourth-order valence-corrected chi connectivity index (χ4v) is 2.46. The Labute approximate surface area is 120 Å². The second kappa shape index (κ2) is 6.06. The van der Waals surface area contributed by atoms with Gasteiger partial charge < -0.3 is 10.2 Å². The van der Waals surface area contributed by atoms with Crippen molar-refractivity contribution in [3.8, 4) is 0 Å². The van der Waals surface area contributed by atoms with Crippen molar-refractivity contribution in [3.05, 3.63) is 54.4 Å². The van der Waals surface area contributed by atoms with Gasteiger partial charge in [-0.15, -0.1) is 0 Å². The average molecular weight is 267 g/mol. The molecule has 3 rings (SSSR count). The summed E-state index contributed by atoms with van der Waals surface area (Å²) in [5, 5.41) is 3.58. The minimum absolute atomic E-state index is 0.717. The topological polar surface area (TPSA) is 28.2 Å². The highest BCUT2D eigenvalue weighted by Gasteiger charge is 2.21. The van der Waals surface area contributed by atoms with Crippen molar-refractivity contribution in [3.63, 3.8) is 0 Å². The molecule has 0 amide bonds. The third-order valence-corrected chi connectivity index (χ3v) is 3.71. The van der Waals surface area contributed by atoms with Crippen LogP contribution in [0.1, 0.15) is 25.3 Å². The maximum absolute atomic E-state index is 4.29. The van der Waals surface area contributed by atoms with Gasteiger partial charge in [0.05, 0.1) is 0 Å². The number of hydrogen-bond donors (Lipinski definition) is 1. The van der Waals surface area contributed by atoms with E-state index >= 15 is 0 Å². The highest BCUT2D eigenvalue weighted by atomic mass is 15.1. The van der Waals surface area contributed by atoms with Crippen LogP contribution in [-0.2, 0) is 6.54 Å². The Kier molecular flexibility index (Phi) is 3.97. The van der Waals surface area contributed by atoms with E-state index in [9.17, 15) is 0 Å². The number of rotatable bonds is 6. The zero-order valence-corrected chi connectivity index (χ0v) is 11.9. The van der Waals surface area contributed by atoms with Gasteiger partial charge in [0, 0.05) is 48.5 Å². The van der Waals surface area contributed by atoms with Crippen LogP contribution >= 0.6 is 0 Å². The zero-order chi connectivity index (χ0) is 13.8. The quantitative estimate of drug-likeness (QED) is 0.868. The summed E-state index contributed by atoms with van der Waals surface area (Å²) in [6.45, 7) is 4.03. The molecule has 3 nitrogen and oxygen atoms in total. The monoisotopic (exact) mass is 267 g/mol. The van der Waals surface area contributed by atoms with Crippen molar-refractivity contribution in [2.24, 2.45) is 0 Å². The number of anilines is 2. The Morgan fingerprint density at radius 2 is 2.00 bits per heavy atom. The zero-order valence-electron chi connectivity index (χ0n) is 11.9. The van der Waals surface area contributed by atoms with Crippen molar-refractivity contribution in [1.29, 1.82) is 0 Å². The van der Waals surface area contributed by atoms with E-state index < -0.39 is 0 Å². The van der Waals surface area contributed by atoms with Gasteiger partial charge in [0.25, 0.3) is 0 Å². The number of pyridine rings is 1. The molecule has 1 heterocycles. The van der Waals surface area contributed by atoms with Gasteiger partial charge in [-0.2, -0.15) is 0 Å². The van der Waals surface area contributed by atoms with Crippen LogP contribution in [0.2, 0.25) is 0 Å². The van der Waals surface area contributed by atoms with Crippen molar-refractivity contribution >= 4 is 11.4 Å². The molecule has 2 aromatic rings. The standard InChI is InChI=1S/C17H21N3/c1-2-20(16-6-4-3-5-7-16)17-10-11-18-12-14(17)13-19-15-8-9-15/h3-7,10-12,15,19H,2,8-9,13H2,1H3. The normalized spacial score (nSPS) is 14.2. The van der Waals surface area contributed by atoms with E-state index in [1.54, 1.807) is 0 Å². The Bertz CT molecular complexity index is 549. The molecule has 1 aliphatic carbocycles. The van der Waals surface area contributed by atoms with Gasteiger partial charge in [-0.3, -0.25) is 4.98 Å². The molecule has 0 aliphatic heterocycles. The van der Waals surface area contributed by atoms with Crippen LogP contribution in [0.3, 0.4) is 0 Å². The maximum Gasteiger partial charge on any atom is 0.0487 e. The third kappa shape index (κ3) is 2.99. The number of benzene rings is 1. The van der Waals surface area contributed by atoms with Crippen LogP contribution in [0, 0.1) is 0 Å². The second-order valence-corrected chi connectivity index (χ2v) is 5.24. The van der Waals surface area contributed by atoms with Gasteiger partial charge in [0.1, 0.15) is 0 Å². The Hall–Kier alpha value is -1.87. The molecular formula is C17H21N3. The van der Waals surface area contributed by atoms with Crippen LogP contribution in [-0.4, -0.2) is 17.6 Å². The predicted octanol–water partition coefficient (Wildman–Crippen LogP) is 3.49. The van der Waals surface area contributed by atoms with Crippen molar-refractivity contribution < 1.29 is 0 Å². The predicted molar refractivity (Wildman–Crippen MR) is 83.2 cm³/mol. The molecule has 0 bridgehead atoms. The Morgan fingerprint density at radius 3 is 2.70 bits per heavy atom. The van der Waals surface area contributed by atoms with E-state index in [4.69, 9.17) is 0 Å². The van der Waals surface area contributed by atoms with Crippen molar-refractivity contribution in [1.82, 2.24) is 10.3 Å². The number of aromatic nitrogens is 1. The molecule has 1 aliphatic rings. The number of nitrogens with zero attached hydrogens (tertiary/aromatic N) is 2. The summed E-state index contributed by atoms with van der Waals surface area (Å²) in [5.41, 5.74) is 3.75. The lowest BCUT2D eigenvalue weighted by Gasteiger charge is -2.25. The highest BCUT2D eigenvalue weighted by Crippen LogP contribution is 2.28. The molecule has 0 saturated heterocycles. The minimum atomic E-state index is 0.717. The van der Waals surface area contributed by atoms with E-state index in [0.29, 0.717) is 0 Å². The van der Waals surface area contributed by atoms with E-state index in [0.717, 1.165) is 19.1 Å². The number of hydrogen-bond acceptors (Lipinski definition) is 3. The summed E-state index contributed by atoms with van der Waals surface area (Å²) in [7, 11) is 0. The van der Waals surface area contributed by atoms with E-state index in [-0.39, 0.29) is 0 Å². The molecule has 1 aromatic carbocycles. The summed E-state index contributed by atoms with van der Waals surface area (Å²) < 4.78 is 0. The molecule has 1 N–H and O–H groups in total. The smallest absolute Gasteiger partial charge is 0.0487 e. The Balaban J connectivity index is 1.86. The lowest BCUT2D eigenvalue weighted by Crippen LogP contribution is -2.21. The third-order valence-electron chi connectivity index (χ3n) is 3.71. The first-order valence-electron chi connectivity index (χ1n) is 7.37. The molecule has 1 fully saturated rings. The van der Waals surface area contributed by atoms with Crippen LogP contribution < -0.4 is 10.2 Å². The van der Waals surface area contributed by atoms with Gasteiger partial charge in [-0.25, -0.2) is 0 Å². The molecule has 3 heteroatoms. The maximum atomic E-state index is 4.29. The first-order chi connectivity index (χ1) is 9.88. The lowest BCUT2D eigenvalue weighted by atomic mass is 10.2. The first-order valence-corrected chi connectivity index (χ1v) is 7.37. The summed E-state index contributed by atoms with van der Waals surface area (Å²) in [6.07, 6.45) is 6.48.